The number of oxazole rings is 1. The maximum absolute atomic E-state index is 10.9. The molecule has 0 saturated carbocycles. The first-order valence-corrected chi connectivity index (χ1v) is 5.38. The molecule has 2 heterocycles. The van der Waals surface area contributed by atoms with Gasteiger partial charge in [0.15, 0.2) is 24.1 Å². The van der Waals surface area contributed by atoms with Crippen LogP contribution in [0, 0.1) is 0 Å². The van der Waals surface area contributed by atoms with Crippen molar-refractivity contribution in [1.29, 1.82) is 0 Å². The monoisotopic (exact) mass is 239 g/mol. The maximum atomic E-state index is 10.9. The second-order valence-corrected chi connectivity index (χ2v) is 3.65. The fraction of sp³-hybridized carbons (Fsp3) is 0. The summed E-state index contributed by atoms with van der Waals surface area (Å²) in [5, 5.41) is 4.23. The third kappa shape index (κ3) is 1.62. The normalized spacial score (nSPS) is 10.4. The zero-order chi connectivity index (χ0) is 12.4. The van der Waals surface area contributed by atoms with Crippen LogP contribution in [0.25, 0.3) is 17.1 Å². The number of aromatic nitrogens is 3. The summed E-state index contributed by atoms with van der Waals surface area (Å²) in [4.78, 5) is 14.7. The number of nitrogens with zero attached hydrogens (tertiary/aromatic N) is 3. The summed E-state index contributed by atoms with van der Waals surface area (Å²) in [7, 11) is 0. The van der Waals surface area contributed by atoms with Crippen LogP contribution in [-0.4, -0.2) is 21.1 Å². The van der Waals surface area contributed by atoms with Gasteiger partial charge in [-0.2, -0.15) is 5.10 Å². The van der Waals surface area contributed by atoms with Crippen molar-refractivity contribution in [3.63, 3.8) is 0 Å². The third-order valence-electron chi connectivity index (χ3n) is 2.58. The van der Waals surface area contributed by atoms with Gasteiger partial charge in [0.25, 0.3) is 0 Å². The van der Waals surface area contributed by atoms with Gasteiger partial charge in [0.1, 0.15) is 5.69 Å². The van der Waals surface area contributed by atoms with E-state index in [1.807, 2.05) is 30.3 Å². The smallest absolute Gasteiger partial charge is 0.183 e. The van der Waals surface area contributed by atoms with Crippen molar-refractivity contribution in [3.8, 4) is 17.1 Å². The summed E-state index contributed by atoms with van der Waals surface area (Å²) in [5.74, 6) is 0.423. The van der Waals surface area contributed by atoms with E-state index < -0.39 is 0 Å². The topological polar surface area (TPSA) is 60.9 Å². The van der Waals surface area contributed by atoms with Crippen molar-refractivity contribution in [2.45, 2.75) is 0 Å². The lowest BCUT2D eigenvalue weighted by Gasteiger charge is -2.04. The van der Waals surface area contributed by atoms with E-state index in [0.29, 0.717) is 17.7 Å². The molecule has 2 aromatic heterocycles. The summed E-state index contributed by atoms with van der Waals surface area (Å²) in [6.45, 7) is 0. The van der Waals surface area contributed by atoms with Crippen molar-refractivity contribution in [2.75, 3.05) is 0 Å². The number of rotatable bonds is 3. The molecule has 0 saturated heterocycles. The van der Waals surface area contributed by atoms with Gasteiger partial charge in [-0.1, -0.05) is 18.2 Å². The molecule has 0 aliphatic heterocycles. The maximum Gasteiger partial charge on any atom is 0.183 e. The van der Waals surface area contributed by atoms with E-state index >= 15 is 0 Å². The first kappa shape index (κ1) is 10.5. The highest BCUT2D eigenvalue weighted by Crippen LogP contribution is 2.24. The van der Waals surface area contributed by atoms with Crippen LogP contribution >= 0.6 is 0 Å². The summed E-state index contributed by atoms with van der Waals surface area (Å²) >= 11 is 0. The van der Waals surface area contributed by atoms with E-state index in [4.69, 9.17) is 4.42 Å². The van der Waals surface area contributed by atoms with E-state index in [9.17, 15) is 4.79 Å². The molecule has 0 N–H and O–H groups in total. The van der Waals surface area contributed by atoms with Gasteiger partial charge < -0.3 is 4.42 Å². The lowest BCUT2D eigenvalue weighted by molar-refractivity contribution is 0.111. The van der Waals surface area contributed by atoms with Gasteiger partial charge in [-0.05, 0) is 18.2 Å². The quantitative estimate of drug-likeness (QED) is 0.658. The van der Waals surface area contributed by atoms with E-state index in [0.717, 1.165) is 5.69 Å². The highest BCUT2D eigenvalue weighted by molar-refractivity contribution is 5.81. The minimum absolute atomic E-state index is 0.271. The molecule has 88 valence electrons. The molecule has 0 bridgehead atoms. The number of para-hydroxylation sites is 1. The second kappa shape index (κ2) is 4.29. The van der Waals surface area contributed by atoms with Gasteiger partial charge >= 0.3 is 0 Å². The SMILES string of the molecule is O=Cc1ncoc1-c1ccnn1-c1ccccc1. The van der Waals surface area contributed by atoms with E-state index in [2.05, 4.69) is 10.1 Å². The number of hydrogen-bond acceptors (Lipinski definition) is 4. The Morgan fingerprint density at radius 2 is 2.00 bits per heavy atom. The fourth-order valence-electron chi connectivity index (χ4n) is 1.78. The Morgan fingerprint density at radius 1 is 1.17 bits per heavy atom. The zero-order valence-electron chi connectivity index (χ0n) is 9.35. The molecule has 0 aliphatic rings. The predicted octanol–water partition coefficient (Wildman–Crippen LogP) is 2.34. The van der Waals surface area contributed by atoms with Crippen LogP contribution in [0.5, 0.6) is 0 Å². The number of carbonyl (C=O) groups excluding carboxylic acids is 1. The van der Waals surface area contributed by atoms with Gasteiger partial charge in [0, 0.05) is 0 Å². The Labute approximate surface area is 103 Å². The molecule has 0 unspecified atom stereocenters. The molecule has 5 heteroatoms. The third-order valence-corrected chi connectivity index (χ3v) is 2.58. The first-order chi connectivity index (χ1) is 8.90. The molecule has 3 rings (SSSR count). The summed E-state index contributed by atoms with van der Waals surface area (Å²) < 4.78 is 6.96. The van der Waals surface area contributed by atoms with Gasteiger partial charge in [-0.15, -0.1) is 0 Å². The Kier molecular flexibility index (Phi) is 2.49. The average molecular weight is 239 g/mol. The molecule has 1 aromatic carbocycles. The summed E-state index contributed by atoms with van der Waals surface area (Å²) in [6, 6.07) is 11.4. The van der Waals surface area contributed by atoms with Gasteiger partial charge in [-0.3, -0.25) is 4.79 Å². The fourth-order valence-corrected chi connectivity index (χ4v) is 1.78. The lowest BCUT2D eigenvalue weighted by Crippen LogP contribution is -1.99. The molecular weight excluding hydrogens is 230 g/mol. The van der Waals surface area contributed by atoms with E-state index in [1.165, 1.54) is 6.39 Å². The van der Waals surface area contributed by atoms with Crippen LogP contribution < -0.4 is 0 Å². The van der Waals surface area contributed by atoms with Crippen molar-refractivity contribution < 1.29 is 9.21 Å². The number of hydrogen-bond donors (Lipinski definition) is 0. The van der Waals surface area contributed by atoms with Crippen molar-refractivity contribution in [1.82, 2.24) is 14.8 Å². The minimum atomic E-state index is 0.271. The Balaban J connectivity index is 2.16. The Hall–Kier alpha value is -2.69. The van der Waals surface area contributed by atoms with E-state index in [1.54, 1.807) is 16.9 Å². The Bertz CT molecular complexity index is 670. The molecule has 0 spiro atoms. The largest absolute Gasteiger partial charge is 0.441 e. The highest BCUT2D eigenvalue weighted by Gasteiger charge is 2.15. The average Bonchev–Trinajstić information content (AvgIpc) is 3.07. The van der Waals surface area contributed by atoms with Crippen LogP contribution in [0.2, 0.25) is 0 Å². The number of aldehydes is 1. The van der Waals surface area contributed by atoms with Crippen molar-refractivity contribution in [3.05, 3.63) is 54.7 Å². The van der Waals surface area contributed by atoms with Crippen LogP contribution in [0.15, 0.2) is 53.4 Å². The molecule has 5 nitrogen and oxygen atoms in total. The molecule has 0 radical (unpaired) electrons. The van der Waals surface area contributed by atoms with E-state index in [-0.39, 0.29) is 5.69 Å². The summed E-state index contributed by atoms with van der Waals surface area (Å²) in [5.41, 5.74) is 1.86. The predicted molar refractivity (Wildman–Crippen MR) is 64.4 cm³/mol. The molecule has 0 fully saturated rings. The first-order valence-electron chi connectivity index (χ1n) is 5.38. The Morgan fingerprint density at radius 3 is 2.78 bits per heavy atom. The van der Waals surface area contributed by atoms with Crippen LogP contribution in [0.3, 0.4) is 0 Å². The lowest BCUT2D eigenvalue weighted by atomic mass is 10.2. The van der Waals surface area contributed by atoms with Crippen LogP contribution in [-0.2, 0) is 0 Å². The van der Waals surface area contributed by atoms with Crippen LogP contribution in [0.4, 0.5) is 0 Å². The molecule has 3 aromatic rings. The standard InChI is InChI=1S/C13H9N3O2/c17-8-11-13(18-9-14-11)12-6-7-15-16(12)10-4-2-1-3-5-10/h1-9H. The minimum Gasteiger partial charge on any atom is -0.441 e. The molecule has 18 heavy (non-hydrogen) atoms. The van der Waals surface area contributed by atoms with Crippen LogP contribution in [0.1, 0.15) is 10.5 Å². The van der Waals surface area contributed by atoms with Gasteiger partial charge in [0.2, 0.25) is 0 Å². The van der Waals surface area contributed by atoms with Gasteiger partial charge in [0.05, 0.1) is 11.9 Å². The molecule has 0 amide bonds. The van der Waals surface area contributed by atoms with Crippen molar-refractivity contribution >= 4 is 6.29 Å². The van der Waals surface area contributed by atoms with Crippen molar-refractivity contribution in [2.24, 2.45) is 0 Å². The number of carbonyl (C=O) groups is 1. The second-order valence-electron chi connectivity index (χ2n) is 3.65. The summed E-state index contributed by atoms with van der Waals surface area (Å²) in [6.07, 6.45) is 3.57. The molecule has 0 aliphatic carbocycles. The zero-order valence-corrected chi connectivity index (χ0v) is 9.35. The number of benzene rings is 1. The molecule has 0 atom stereocenters. The van der Waals surface area contributed by atoms with Gasteiger partial charge in [-0.25, -0.2) is 9.67 Å². The molecular formula is C13H9N3O2. The highest BCUT2D eigenvalue weighted by atomic mass is 16.3.